The van der Waals surface area contributed by atoms with Crippen molar-refractivity contribution in [3.8, 4) is 11.3 Å². The fourth-order valence-electron chi connectivity index (χ4n) is 1.68. The van der Waals surface area contributed by atoms with Crippen LogP contribution in [0.3, 0.4) is 0 Å². The van der Waals surface area contributed by atoms with Crippen LogP contribution in [0.5, 0.6) is 0 Å². The van der Waals surface area contributed by atoms with E-state index in [0.29, 0.717) is 0 Å². The lowest BCUT2D eigenvalue weighted by molar-refractivity contribution is 1.09. The van der Waals surface area contributed by atoms with Crippen molar-refractivity contribution in [2.45, 2.75) is 13.8 Å². The fraction of sp³-hybridized carbons (Fsp3) is 0.231. The van der Waals surface area contributed by atoms with Crippen molar-refractivity contribution in [3.05, 3.63) is 42.2 Å². The maximum absolute atomic E-state index is 4.34. The van der Waals surface area contributed by atoms with E-state index in [1.807, 2.05) is 25.1 Å². The lowest BCUT2D eigenvalue weighted by Crippen LogP contribution is -2.03. The maximum Gasteiger partial charge on any atom is 0.132 e. The smallest absolute Gasteiger partial charge is 0.132 e. The normalized spacial score (nSPS) is 10.1. The molecule has 1 aromatic heterocycles. The summed E-state index contributed by atoms with van der Waals surface area (Å²) in [5, 5.41) is 3.23. The zero-order valence-electron chi connectivity index (χ0n) is 9.57. The molecule has 0 amide bonds. The minimum absolute atomic E-state index is 0.867. The zero-order valence-corrected chi connectivity index (χ0v) is 9.57. The molecular formula is C13H15N3. The molecule has 0 bridgehead atoms. The highest BCUT2D eigenvalue weighted by Gasteiger charge is 2.07. The molecule has 2 aromatic rings. The molecule has 0 spiro atoms. The summed E-state index contributed by atoms with van der Waals surface area (Å²) in [7, 11) is 0. The SMILES string of the molecule is CCNc1ncnc(-c2ccccc2)c1C. The second-order valence-corrected chi connectivity index (χ2v) is 3.59. The quantitative estimate of drug-likeness (QED) is 0.851. The van der Waals surface area contributed by atoms with E-state index in [0.717, 1.165) is 29.2 Å². The lowest BCUT2D eigenvalue weighted by Gasteiger charge is -2.09. The van der Waals surface area contributed by atoms with E-state index in [9.17, 15) is 0 Å². The fourth-order valence-corrected chi connectivity index (χ4v) is 1.68. The van der Waals surface area contributed by atoms with Crippen molar-refractivity contribution in [3.63, 3.8) is 0 Å². The first-order valence-electron chi connectivity index (χ1n) is 5.43. The van der Waals surface area contributed by atoms with Gasteiger partial charge in [-0.1, -0.05) is 30.3 Å². The largest absolute Gasteiger partial charge is 0.370 e. The molecule has 0 radical (unpaired) electrons. The Balaban J connectivity index is 2.46. The Morgan fingerprint density at radius 1 is 1.12 bits per heavy atom. The average molecular weight is 213 g/mol. The van der Waals surface area contributed by atoms with Gasteiger partial charge in [0.1, 0.15) is 12.1 Å². The van der Waals surface area contributed by atoms with E-state index >= 15 is 0 Å². The summed E-state index contributed by atoms with van der Waals surface area (Å²) in [4.78, 5) is 8.57. The topological polar surface area (TPSA) is 37.8 Å². The van der Waals surface area contributed by atoms with Gasteiger partial charge >= 0.3 is 0 Å². The van der Waals surface area contributed by atoms with Gasteiger partial charge in [-0.25, -0.2) is 9.97 Å². The van der Waals surface area contributed by atoms with E-state index in [4.69, 9.17) is 0 Å². The molecule has 82 valence electrons. The molecule has 3 heteroatoms. The first-order chi connectivity index (χ1) is 7.83. The Labute approximate surface area is 95.6 Å². The van der Waals surface area contributed by atoms with Gasteiger partial charge in [0.25, 0.3) is 0 Å². The Hall–Kier alpha value is -1.90. The molecule has 1 N–H and O–H groups in total. The predicted molar refractivity (Wildman–Crippen MR) is 66.4 cm³/mol. The first-order valence-corrected chi connectivity index (χ1v) is 5.43. The summed E-state index contributed by atoms with van der Waals surface area (Å²) in [5.41, 5.74) is 3.21. The van der Waals surface area contributed by atoms with Crippen LogP contribution in [0, 0.1) is 6.92 Å². The van der Waals surface area contributed by atoms with Crippen LogP contribution in [0.1, 0.15) is 12.5 Å². The second-order valence-electron chi connectivity index (χ2n) is 3.59. The number of hydrogen-bond donors (Lipinski definition) is 1. The lowest BCUT2D eigenvalue weighted by atomic mass is 10.1. The zero-order chi connectivity index (χ0) is 11.4. The van der Waals surface area contributed by atoms with Crippen molar-refractivity contribution in [2.75, 3.05) is 11.9 Å². The van der Waals surface area contributed by atoms with Gasteiger partial charge in [0, 0.05) is 17.7 Å². The van der Waals surface area contributed by atoms with E-state index in [2.05, 4.69) is 34.3 Å². The number of nitrogens with one attached hydrogen (secondary N) is 1. The van der Waals surface area contributed by atoms with E-state index < -0.39 is 0 Å². The van der Waals surface area contributed by atoms with Gasteiger partial charge < -0.3 is 5.32 Å². The van der Waals surface area contributed by atoms with Crippen LogP contribution in [0.4, 0.5) is 5.82 Å². The molecule has 1 aromatic carbocycles. The van der Waals surface area contributed by atoms with Gasteiger partial charge in [0.15, 0.2) is 0 Å². The Bertz CT molecular complexity index is 466. The van der Waals surface area contributed by atoms with Gasteiger partial charge in [0.05, 0.1) is 5.69 Å². The number of aromatic nitrogens is 2. The van der Waals surface area contributed by atoms with Crippen LogP contribution < -0.4 is 5.32 Å². The van der Waals surface area contributed by atoms with Crippen molar-refractivity contribution in [2.24, 2.45) is 0 Å². The molecule has 0 fully saturated rings. The second kappa shape index (κ2) is 4.75. The summed E-state index contributed by atoms with van der Waals surface area (Å²) < 4.78 is 0. The molecule has 0 unspecified atom stereocenters. The van der Waals surface area contributed by atoms with Gasteiger partial charge in [0.2, 0.25) is 0 Å². The summed E-state index contributed by atoms with van der Waals surface area (Å²) in [5.74, 6) is 0.913. The van der Waals surface area contributed by atoms with Gasteiger partial charge in [-0.3, -0.25) is 0 Å². The Morgan fingerprint density at radius 2 is 1.88 bits per heavy atom. The number of nitrogens with zero attached hydrogens (tertiary/aromatic N) is 2. The van der Waals surface area contributed by atoms with E-state index in [-0.39, 0.29) is 0 Å². The number of benzene rings is 1. The van der Waals surface area contributed by atoms with Crippen LogP contribution in [0.2, 0.25) is 0 Å². The Morgan fingerprint density at radius 3 is 2.56 bits per heavy atom. The third-order valence-corrected chi connectivity index (χ3v) is 2.48. The van der Waals surface area contributed by atoms with E-state index in [1.54, 1.807) is 6.33 Å². The van der Waals surface area contributed by atoms with Crippen LogP contribution in [0.25, 0.3) is 11.3 Å². The summed E-state index contributed by atoms with van der Waals surface area (Å²) in [6.07, 6.45) is 1.60. The van der Waals surface area contributed by atoms with Crippen LogP contribution in [-0.4, -0.2) is 16.5 Å². The Kier molecular flexibility index (Phi) is 3.15. The number of hydrogen-bond acceptors (Lipinski definition) is 3. The van der Waals surface area contributed by atoms with Crippen molar-refractivity contribution >= 4 is 5.82 Å². The van der Waals surface area contributed by atoms with Crippen LogP contribution in [0.15, 0.2) is 36.7 Å². The predicted octanol–water partition coefficient (Wildman–Crippen LogP) is 2.88. The summed E-state index contributed by atoms with van der Waals surface area (Å²) in [6, 6.07) is 10.2. The van der Waals surface area contributed by atoms with Gasteiger partial charge in [-0.15, -0.1) is 0 Å². The highest BCUT2D eigenvalue weighted by Crippen LogP contribution is 2.23. The van der Waals surface area contributed by atoms with Crippen molar-refractivity contribution in [1.29, 1.82) is 0 Å². The minimum atomic E-state index is 0.867. The summed E-state index contributed by atoms with van der Waals surface area (Å²) >= 11 is 0. The molecule has 2 rings (SSSR count). The molecular weight excluding hydrogens is 198 g/mol. The molecule has 0 saturated carbocycles. The molecule has 3 nitrogen and oxygen atoms in total. The van der Waals surface area contributed by atoms with Crippen LogP contribution >= 0.6 is 0 Å². The molecule has 16 heavy (non-hydrogen) atoms. The first kappa shape index (κ1) is 10.6. The maximum atomic E-state index is 4.34. The van der Waals surface area contributed by atoms with Gasteiger partial charge in [-0.2, -0.15) is 0 Å². The third kappa shape index (κ3) is 2.03. The van der Waals surface area contributed by atoms with Crippen molar-refractivity contribution in [1.82, 2.24) is 9.97 Å². The van der Waals surface area contributed by atoms with Crippen molar-refractivity contribution < 1.29 is 0 Å². The number of rotatable bonds is 3. The molecule has 0 saturated heterocycles. The molecule has 0 aliphatic carbocycles. The molecule has 0 atom stereocenters. The van der Waals surface area contributed by atoms with Gasteiger partial charge in [-0.05, 0) is 13.8 Å². The average Bonchev–Trinajstić information content (AvgIpc) is 2.33. The molecule has 0 aliphatic heterocycles. The minimum Gasteiger partial charge on any atom is -0.370 e. The summed E-state index contributed by atoms with van der Waals surface area (Å²) in [6.45, 7) is 4.97. The standard InChI is InChI=1S/C13H15N3/c1-3-14-13-10(2)12(15-9-16-13)11-7-5-4-6-8-11/h4-9H,3H2,1-2H3,(H,14,15,16). The highest BCUT2D eigenvalue weighted by atomic mass is 15.0. The van der Waals surface area contributed by atoms with Crippen LogP contribution in [-0.2, 0) is 0 Å². The molecule has 0 aliphatic rings. The monoisotopic (exact) mass is 213 g/mol. The van der Waals surface area contributed by atoms with E-state index in [1.165, 1.54) is 0 Å². The highest BCUT2D eigenvalue weighted by molar-refractivity contribution is 5.67. The third-order valence-electron chi connectivity index (χ3n) is 2.48. The molecule has 1 heterocycles. The number of anilines is 1.